The van der Waals surface area contributed by atoms with Crippen molar-refractivity contribution in [2.24, 2.45) is 4.99 Å². The summed E-state index contributed by atoms with van der Waals surface area (Å²) in [4.78, 5) is 26.8. The molecule has 27 heavy (non-hydrogen) atoms. The van der Waals surface area contributed by atoms with E-state index in [2.05, 4.69) is 4.99 Å². The maximum Gasteiger partial charge on any atom is 0.363 e. The standard InChI is InChI=1S/C19H16N2O6/c1-11-8-13(5-6-15(11)21(23)24)18-20-14(19(22)27-18)9-12-4-7-16(25-2)17(10-12)26-3/h4-10H,1-3H3/b14-9-. The molecule has 0 unspecified atom stereocenters. The number of ether oxygens (including phenoxy) is 3. The van der Waals surface area contributed by atoms with E-state index < -0.39 is 10.9 Å². The number of aliphatic imine (C=N–C) groups is 1. The topological polar surface area (TPSA) is 100 Å². The molecule has 0 radical (unpaired) electrons. The van der Waals surface area contributed by atoms with Crippen molar-refractivity contribution in [3.63, 3.8) is 0 Å². The Balaban J connectivity index is 1.93. The zero-order valence-electron chi connectivity index (χ0n) is 14.9. The van der Waals surface area contributed by atoms with Crippen molar-refractivity contribution < 1.29 is 23.9 Å². The molecule has 8 heteroatoms. The van der Waals surface area contributed by atoms with Crippen molar-refractivity contribution in [3.8, 4) is 11.5 Å². The second-order valence-corrected chi connectivity index (χ2v) is 5.71. The first-order chi connectivity index (χ1) is 12.9. The van der Waals surface area contributed by atoms with Crippen LogP contribution in [0.3, 0.4) is 0 Å². The van der Waals surface area contributed by atoms with Gasteiger partial charge in [-0.25, -0.2) is 9.79 Å². The van der Waals surface area contributed by atoms with Crippen molar-refractivity contribution in [2.75, 3.05) is 14.2 Å². The molecule has 8 nitrogen and oxygen atoms in total. The molecule has 0 spiro atoms. The lowest BCUT2D eigenvalue weighted by atomic mass is 10.1. The van der Waals surface area contributed by atoms with Crippen LogP contribution in [0.5, 0.6) is 11.5 Å². The van der Waals surface area contributed by atoms with Crippen LogP contribution in [0.15, 0.2) is 47.1 Å². The van der Waals surface area contributed by atoms with Crippen LogP contribution < -0.4 is 9.47 Å². The third-order valence-corrected chi connectivity index (χ3v) is 3.97. The highest BCUT2D eigenvalue weighted by molar-refractivity contribution is 6.13. The second-order valence-electron chi connectivity index (χ2n) is 5.71. The van der Waals surface area contributed by atoms with Crippen LogP contribution in [0.2, 0.25) is 0 Å². The third-order valence-electron chi connectivity index (χ3n) is 3.97. The molecule has 0 fully saturated rings. The molecule has 0 amide bonds. The van der Waals surface area contributed by atoms with Crippen LogP contribution in [-0.2, 0) is 9.53 Å². The fourth-order valence-electron chi connectivity index (χ4n) is 2.63. The zero-order chi connectivity index (χ0) is 19.6. The average molecular weight is 368 g/mol. The SMILES string of the molecule is COc1ccc(/C=C2\N=C(c3ccc([N+](=O)[O-])c(C)c3)OC2=O)cc1OC. The molecule has 0 saturated carbocycles. The maximum absolute atomic E-state index is 12.1. The fourth-order valence-corrected chi connectivity index (χ4v) is 2.63. The van der Waals surface area contributed by atoms with Crippen molar-refractivity contribution in [2.45, 2.75) is 6.92 Å². The van der Waals surface area contributed by atoms with E-state index in [9.17, 15) is 14.9 Å². The summed E-state index contributed by atoms with van der Waals surface area (Å²) in [6.07, 6.45) is 1.57. The first-order valence-electron chi connectivity index (χ1n) is 7.93. The Morgan fingerprint density at radius 2 is 1.85 bits per heavy atom. The van der Waals surface area contributed by atoms with E-state index in [-0.39, 0.29) is 17.3 Å². The van der Waals surface area contributed by atoms with E-state index in [1.54, 1.807) is 37.3 Å². The summed E-state index contributed by atoms with van der Waals surface area (Å²) >= 11 is 0. The Hall–Kier alpha value is -3.68. The van der Waals surface area contributed by atoms with Gasteiger partial charge in [-0.2, -0.15) is 0 Å². The number of rotatable bonds is 5. The van der Waals surface area contributed by atoms with E-state index >= 15 is 0 Å². The number of benzene rings is 2. The molecule has 1 heterocycles. The number of esters is 1. The molecule has 138 valence electrons. The second kappa shape index (κ2) is 7.28. The van der Waals surface area contributed by atoms with Crippen LogP contribution >= 0.6 is 0 Å². The number of cyclic esters (lactones) is 1. The number of hydrogen-bond acceptors (Lipinski definition) is 7. The van der Waals surface area contributed by atoms with E-state index in [1.165, 1.54) is 26.4 Å². The third kappa shape index (κ3) is 3.64. The van der Waals surface area contributed by atoms with Gasteiger partial charge in [-0.3, -0.25) is 10.1 Å². The summed E-state index contributed by atoms with van der Waals surface area (Å²) in [7, 11) is 3.05. The van der Waals surface area contributed by atoms with Crippen molar-refractivity contribution >= 4 is 23.6 Å². The molecular formula is C19H16N2O6. The van der Waals surface area contributed by atoms with Crippen molar-refractivity contribution in [3.05, 3.63) is 68.9 Å². The van der Waals surface area contributed by atoms with Gasteiger partial charge in [0, 0.05) is 17.2 Å². The van der Waals surface area contributed by atoms with Gasteiger partial charge >= 0.3 is 5.97 Å². The molecule has 0 bridgehead atoms. The van der Waals surface area contributed by atoms with Gasteiger partial charge in [0.15, 0.2) is 17.2 Å². The Kier molecular flexibility index (Phi) is 4.89. The van der Waals surface area contributed by atoms with Gasteiger partial charge in [-0.05, 0) is 42.8 Å². The molecule has 2 aromatic rings. The number of methoxy groups -OCH3 is 2. The molecule has 0 saturated heterocycles. The summed E-state index contributed by atoms with van der Waals surface area (Å²) in [6.45, 7) is 1.61. The lowest BCUT2D eigenvalue weighted by Crippen LogP contribution is -2.06. The van der Waals surface area contributed by atoms with Gasteiger partial charge in [0.25, 0.3) is 5.69 Å². The van der Waals surface area contributed by atoms with Gasteiger partial charge in [0.2, 0.25) is 5.90 Å². The first-order valence-corrected chi connectivity index (χ1v) is 7.93. The molecule has 3 rings (SSSR count). The van der Waals surface area contributed by atoms with Gasteiger partial charge in [-0.15, -0.1) is 0 Å². The van der Waals surface area contributed by atoms with Crippen LogP contribution in [0.1, 0.15) is 16.7 Å². The predicted octanol–water partition coefficient (Wildman–Crippen LogP) is 3.26. The Labute approximate surface area is 154 Å². The van der Waals surface area contributed by atoms with E-state index in [0.29, 0.717) is 28.2 Å². The van der Waals surface area contributed by atoms with E-state index in [0.717, 1.165) is 0 Å². The zero-order valence-corrected chi connectivity index (χ0v) is 14.9. The van der Waals surface area contributed by atoms with Crippen molar-refractivity contribution in [1.29, 1.82) is 0 Å². The number of nitrogens with zero attached hydrogens (tertiary/aromatic N) is 2. The quantitative estimate of drug-likeness (QED) is 0.347. The molecule has 1 aliphatic rings. The largest absolute Gasteiger partial charge is 0.493 e. The number of carbonyl (C=O) groups excluding carboxylic acids is 1. The molecule has 1 aliphatic heterocycles. The number of hydrogen-bond donors (Lipinski definition) is 0. The molecule has 2 aromatic carbocycles. The smallest absolute Gasteiger partial charge is 0.363 e. The molecule has 0 aromatic heterocycles. The minimum Gasteiger partial charge on any atom is -0.493 e. The number of nitro benzene ring substituents is 1. The van der Waals surface area contributed by atoms with Crippen LogP contribution in [0.25, 0.3) is 6.08 Å². The summed E-state index contributed by atoms with van der Waals surface area (Å²) in [6, 6.07) is 9.60. The summed E-state index contributed by atoms with van der Waals surface area (Å²) < 4.78 is 15.6. The first kappa shape index (κ1) is 18.1. The minimum absolute atomic E-state index is 0.00948. The average Bonchev–Trinajstić information content (AvgIpc) is 3.01. The lowest BCUT2D eigenvalue weighted by molar-refractivity contribution is -0.385. The lowest BCUT2D eigenvalue weighted by Gasteiger charge is -2.07. The van der Waals surface area contributed by atoms with Crippen LogP contribution in [0.4, 0.5) is 5.69 Å². The van der Waals surface area contributed by atoms with Gasteiger partial charge in [-0.1, -0.05) is 6.07 Å². The highest BCUT2D eigenvalue weighted by atomic mass is 16.6. The molecular weight excluding hydrogens is 352 g/mol. The van der Waals surface area contributed by atoms with Gasteiger partial charge in [0.05, 0.1) is 19.1 Å². The highest BCUT2D eigenvalue weighted by Gasteiger charge is 2.25. The van der Waals surface area contributed by atoms with E-state index in [4.69, 9.17) is 14.2 Å². The fraction of sp³-hybridized carbons (Fsp3) is 0.158. The molecule has 0 N–H and O–H groups in total. The van der Waals surface area contributed by atoms with Crippen LogP contribution in [0, 0.1) is 17.0 Å². The summed E-state index contributed by atoms with van der Waals surface area (Å²) in [5, 5.41) is 10.9. The number of carbonyl (C=O) groups is 1. The van der Waals surface area contributed by atoms with Crippen molar-refractivity contribution in [1.82, 2.24) is 0 Å². The van der Waals surface area contributed by atoms with Crippen LogP contribution in [-0.4, -0.2) is 31.0 Å². The summed E-state index contributed by atoms with van der Waals surface area (Å²) in [5.74, 6) is 0.591. The number of nitro groups is 1. The highest BCUT2D eigenvalue weighted by Crippen LogP contribution is 2.29. The maximum atomic E-state index is 12.1. The normalized spacial score (nSPS) is 14.7. The van der Waals surface area contributed by atoms with E-state index in [1.807, 2.05) is 0 Å². The monoisotopic (exact) mass is 368 g/mol. The Morgan fingerprint density at radius 3 is 2.48 bits per heavy atom. The predicted molar refractivity (Wildman–Crippen MR) is 98.0 cm³/mol. The molecule has 0 aliphatic carbocycles. The summed E-state index contributed by atoms with van der Waals surface area (Å²) in [5.41, 5.74) is 1.73. The Bertz CT molecular complexity index is 994. The van der Waals surface area contributed by atoms with Gasteiger partial charge in [0.1, 0.15) is 0 Å². The number of aryl methyl sites for hydroxylation is 1. The molecule has 0 atom stereocenters. The Morgan fingerprint density at radius 1 is 1.11 bits per heavy atom. The minimum atomic E-state index is -0.601. The van der Waals surface area contributed by atoms with Gasteiger partial charge < -0.3 is 14.2 Å².